The third kappa shape index (κ3) is 1.32. The molecule has 0 spiro atoms. The standard InChI is InChI=1S/C11H12N2/c1-8-11-9(5-6-13-8)3-2-4-10(11)7-12/h2-4,8,13H,5-6H2,1H3/t8-/m1/s1. The Hall–Kier alpha value is -1.33. The van der Waals surface area contributed by atoms with Gasteiger partial charge in [-0.2, -0.15) is 5.26 Å². The summed E-state index contributed by atoms with van der Waals surface area (Å²) in [7, 11) is 0. The van der Waals surface area contributed by atoms with Gasteiger partial charge in [-0.1, -0.05) is 12.1 Å². The van der Waals surface area contributed by atoms with E-state index in [0.717, 1.165) is 18.5 Å². The zero-order chi connectivity index (χ0) is 9.26. The highest BCUT2D eigenvalue weighted by molar-refractivity contribution is 5.45. The third-order valence-electron chi connectivity index (χ3n) is 2.59. The Morgan fingerprint density at radius 3 is 3.15 bits per heavy atom. The first kappa shape index (κ1) is 8.28. The summed E-state index contributed by atoms with van der Waals surface area (Å²) in [4.78, 5) is 0. The monoisotopic (exact) mass is 172 g/mol. The van der Waals surface area contributed by atoms with E-state index in [1.165, 1.54) is 11.1 Å². The molecule has 1 N–H and O–H groups in total. The van der Waals surface area contributed by atoms with Gasteiger partial charge in [-0.3, -0.25) is 0 Å². The Kier molecular flexibility index (Phi) is 2.03. The van der Waals surface area contributed by atoms with Gasteiger partial charge in [0.25, 0.3) is 0 Å². The minimum absolute atomic E-state index is 0.319. The van der Waals surface area contributed by atoms with Crippen LogP contribution in [-0.2, 0) is 6.42 Å². The number of nitriles is 1. The molecule has 2 nitrogen and oxygen atoms in total. The van der Waals surface area contributed by atoms with E-state index < -0.39 is 0 Å². The van der Waals surface area contributed by atoms with Crippen LogP contribution in [0.15, 0.2) is 18.2 Å². The molecule has 2 rings (SSSR count). The minimum Gasteiger partial charge on any atom is -0.310 e. The molecule has 1 heterocycles. The second-order valence-corrected chi connectivity index (χ2v) is 3.42. The lowest BCUT2D eigenvalue weighted by atomic mass is 9.91. The Bertz CT molecular complexity index is 363. The molecule has 0 amide bonds. The van der Waals surface area contributed by atoms with Gasteiger partial charge in [-0.25, -0.2) is 0 Å². The molecule has 0 aliphatic carbocycles. The predicted molar refractivity (Wildman–Crippen MR) is 51.3 cm³/mol. The van der Waals surface area contributed by atoms with E-state index in [1.807, 2.05) is 12.1 Å². The fourth-order valence-electron chi connectivity index (χ4n) is 1.97. The summed E-state index contributed by atoms with van der Waals surface area (Å²) in [6, 6.07) is 8.54. The molecule has 0 saturated carbocycles. The van der Waals surface area contributed by atoms with E-state index in [4.69, 9.17) is 5.26 Å². The molecule has 66 valence electrons. The summed E-state index contributed by atoms with van der Waals surface area (Å²) in [5.41, 5.74) is 3.33. The predicted octanol–water partition coefficient (Wildman–Crippen LogP) is 1.76. The van der Waals surface area contributed by atoms with Crippen LogP contribution < -0.4 is 5.32 Å². The maximum Gasteiger partial charge on any atom is 0.0995 e. The summed E-state index contributed by atoms with van der Waals surface area (Å²) in [5.74, 6) is 0. The summed E-state index contributed by atoms with van der Waals surface area (Å²) >= 11 is 0. The van der Waals surface area contributed by atoms with Crippen molar-refractivity contribution in [2.45, 2.75) is 19.4 Å². The van der Waals surface area contributed by atoms with E-state index in [0.29, 0.717) is 6.04 Å². The average Bonchev–Trinajstić information content (AvgIpc) is 2.17. The van der Waals surface area contributed by atoms with Crippen LogP contribution >= 0.6 is 0 Å². The molecule has 0 bridgehead atoms. The maximum atomic E-state index is 8.93. The second-order valence-electron chi connectivity index (χ2n) is 3.42. The lowest BCUT2D eigenvalue weighted by Gasteiger charge is -2.24. The van der Waals surface area contributed by atoms with Gasteiger partial charge in [0.05, 0.1) is 11.6 Å². The van der Waals surface area contributed by atoms with Crippen molar-refractivity contribution in [1.82, 2.24) is 5.32 Å². The fourth-order valence-corrected chi connectivity index (χ4v) is 1.97. The molecule has 0 unspecified atom stereocenters. The van der Waals surface area contributed by atoms with Gasteiger partial charge in [0.15, 0.2) is 0 Å². The highest BCUT2D eigenvalue weighted by Gasteiger charge is 2.18. The molecule has 1 aliphatic heterocycles. The van der Waals surface area contributed by atoms with Crippen LogP contribution in [0.3, 0.4) is 0 Å². The number of benzene rings is 1. The van der Waals surface area contributed by atoms with Crippen LogP contribution in [0.25, 0.3) is 0 Å². The van der Waals surface area contributed by atoms with Crippen LogP contribution in [0.4, 0.5) is 0 Å². The highest BCUT2D eigenvalue weighted by Crippen LogP contribution is 2.25. The summed E-state index contributed by atoms with van der Waals surface area (Å²) < 4.78 is 0. The van der Waals surface area contributed by atoms with E-state index in [2.05, 4.69) is 24.4 Å². The number of hydrogen-bond acceptors (Lipinski definition) is 2. The van der Waals surface area contributed by atoms with Crippen molar-refractivity contribution in [2.24, 2.45) is 0 Å². The van der Waals surface area contributed by atoms with Crippen molar-refractivity contribution in [3.8, 4) is 6.07 Å². The molecule has 0 fully saturated rings. The molecule has 1 aliphatic rings. The van der Waals surface area contributed by atoms with Gasteiger partial charge in [0, 0.05) is 6.04 Å². The molecule has 1 atom stereocenters. The zero-order valence-electron chi connectivity index (χ0n) is 7.67. The van der Waals surface area contributed by atoms with Gasteiger partial charge < -0.3 is 5.32 Å². The summed E-state index contributed by atoms with van der Waals surface area (Å²) in [5, 5.41) is 12.3. The van der Waals surface area contributed by atoms with Crippen molar-refractivity contribution < 1.29 is 0 Å². The fraction of sp³-hybridized carbons (Fsp3) is 0.364. The third-order valence-corrected chi connectivity index (χ3v) is 2.59. The topological polar surface area (TPSA) is 35.8 Å². The van der Waals surface area contributed by atoms with Crippen molar-refractivity contribution in [3.63, 3.8) is 0 Å². The van der Waals surface area contributed by atoms with Crippen molar-refractivity contribution in [2.75, 3.05) is 6.54 Å². The average molecular weight is 172 g/mol. The SMILES string of the molecule is C[C@H]1NCCc2cccc(C#N)c21. The van der Waals surface area contributed by atoms with E-state index in [9.17, 15) is 0 Å². The molecule has 1 aromatic rings. The van der Waals surface area contributed by atoms with Gasteiger partial charge in [0.2, 0.25) is 0 Å². The number of rotatable bonds is 0. The van der Waals surface area contributed by atoms with Crippen LogP contribution in [0.5, 0.6) is 0 Å². The van der Waals surface area contributed by atoms with Crippen molar-refractivity contribution in [3.05, 3.63) is 34.9 Å². The Morgan fingerprint density at radius 1 is 1.54 bits per heavy atom. The molecule has 0 radical (unpaired) electrons. The molecule has 0 aromatic heterocycles. The lowest BCUT2D eigenvalue weighted by Crippen LogP contribution is -2.28. The molecular weight excluding hydrogens is 160 g/mol. The Balaban J connectivity index is 2.58. The van der Waals surface area contributed by atoms with Crippen LogP contribution in [-0.4, -0.2) is 6.54 Å². The van der Waals surface area contributed by atoms with Gasteiger partial charge in [-0.15, -0.1) is 0 Å². The van der Waals surface area contributed by atoms with Gasteiger partial charge >= 0.3 is 0 Å². The minimum atomic E-state index is 0.319. The molecule has 2 heteroatoms. The first-order valence-corrected chi connectivity index (χ1v) is 4.58. The van der Waals surface area contributed by atoms with E-state index >= 15 is 0 Å². The number of fused-ring (bicyclic) bond motifs is 1. The van der Waals surface area contributed by atoms with Gasteiger partial charge in [-0.05, 0) is 37.1 Å². The first-order valence-electron chi connectivity index (χ1n) is 4.58. The second kappa shape index (κ2) is 3.20. The molecule has 1 aromatic carbocycles. The lowest BCUT2D eigenvalue weighted by molar-refractivity contribution is 0.540. The van der Waals surface area contributed by atoms with Crippen molar-refractivity contribution >= 4 is 0 Å². The number of nitrogens with one attached hydrogen (secondary N) is 1. The molecular formula is C11H12N2. The first-order chi connectivity index (χ1) is 6.33. The smallest absolute Gasteiger partial charge is 0.0995 e. The number of nitrogens with zero attached hydrogens (tertiary/aromatic N) is 1. The normalized spacial score (nSPS) is 20.5. The Labute approximate surface area is 78.2 Å². The van der Waals surface area contributed by atoms with Crippen LogP contribution in [0.2, 0.25) is 0 Å². The van der Waals surface area contributed by atoms with E-state index in [-0.39, 0.29) is 0 Å². The zero-order valence-corrected chi connectivity index (χ0v) is 7.67. The highest BCUT2D eigenvalue weighted by atomic mass is 14.9. The van der Waals surface area contributed by atoms with Gasteiger partial charge in [0.1, 0.15) is 0 Å². The van der Waals surface area contributed by atoms with Crippen LogP contribution in [0.1, 0.15) is 29.7 Å². The van der Waals surface area contributed by atoms with E-state index in [1.54, 1.807) is 0 Å². The maximum absolute atomic E-state index is 8.93. The quantitative estimate of drug-likeness (QED) is 0.647. The molecule has 13 heavy (non-hydrogen) atoms. The summed E-state index contributed by atoms with van der Waals surface area (Å²) in [6.45, 7) is 3.13. The van der Waals surface area contributed by atoms with Crippen LogP contribution in [0, 0.1) is 11.3 Å². The molecule has 0 saturated heterocycles. The van der Waals surface area contributed by atoms with Crippen molar-refractivity contribution in [1.29, 1.82) is 5.26 Å². The number of hydrogen-bond donors (Lipinski definition) is 1. The Morgan fingerprint density at radius 2 is 2.38 bits per heavy atom. The largest absolute Gasteiger partial charge is 0.310 e. The summed E-state index contributed by atoms with van der Waals surface area (Å²) in [6.07, 6.45) is 1.04.